The van der Waals surface area contributed by atoms with Crippen LogP contribution < -0.4 is 0 Å². The number of carbonyl (C=O) groups is 1. The molecule has 3 nitrogen and oxygen atoms in total. The largest absolute Gasteiger partial charge is 0.463 e. The summed E-state index contributed by atoms with van der Waals surface area (Å²) in [6.45, 7) is 6.87. The van der Waals surface area contributed by atoms with Gasteiger partial charge in [0, 0.05) is 18.6 Å². The van der Waals surface area contributed by atoms with Gasteiger partial charge in [-0.2, -0.15) is 0 Å². The molecule has 0 fully saturated rings. The predicted molar refractivity (Wildman–Crippen MR) is 60.7 cm³/mol. The molecule has 0 radical (unpaired) electrons. The summed E-state index contributed by atoms with van der Waals surface area (Å²) >= 11 is 0. The summed E-state index contributed by atoms with van der Waals surface area (Å²) in [5, 5.41) is 0. The van der Waals surface area contributed by atoms with Crippen molar-refractivity contribution in [2.45, 2.75) is 33.6 Å². The van der Waals surface area contributed by atoms with Gasteiger partial charge in [0.05, 0.1) is 13.2 Å². The quantitative estimate of drug-likeness (QED) is 0.482. The number of esters is 1. The van der Waals surface area contributed by atoms with E-state index in [2.05, 4.69) is 0 Å². The third kappa shape index (κ3) is 4.98. The minimum atomic E-state index is -0.205. The summed E-state index contributed by atoms with van der Waals surface area (Å²) in [5.41, 5.74) is 0.753. The Bertz CT molecular complexity index is 209. The molecule has 0 aromatic rings. The smallest absolute Gasteiger partial charge is 0.334 e. The summed E-state index contributed by atoms with van der Waals surface area (Å²) < 4.78 is 10.1. The van der Waals surface area contributed by atoms with E-state index in [4.69, 9.17) is 9.47 Å². The number of carbonyl (C=O) groups excluding carboxylic acids is 1. The van der Waals surface area contributed by atoms with Crippen molar-refractivity contribution in [3.63, 3.8) is 0 Å². The minimum absolute atomic E-state index is 0.147. The molecule has 0 aliphatic heterocycles. The maximum atomic E-state index is 11.7. The van der Waals surface area contributed by atoms with Gasteiger partial charge >= 0.3 is 5.97 Å². The van der Waals surface area contributed by atoms with Gasteiger partial charge in [-0.3, -0.25) is 0 Å². The van der Waals surface area contributed by atoms with Gasteiger partial charge in [-0.05, 0) is 19.8 Å². The van der Waals surface area contributed by atoms with E-state index in [-0.39, 0.29) is 11.9 Å². The predicted octanol–water partition coefficient (Wildman–Crippen LogP) is 2.56. The SMILES string of the molecule is CC/C=C(/C(=O)OCC)C(CC)COC. The van der Waals surface area contributed by atoms with Crippen LogP contribution in [0.15, 0.2) is 11.6 Å². The number of hydrogen-bond donors (Lipinski definition) is 0. The molecule has 0 spiro atoms. The average molecular weight is 214 g/mol. The molecule has 1 unspecified atom stereocenters. The molecule has 0 saturated carbocycles. The van der Waals surface area contributed by atoms with Crippen molar-refractivity contribution in [2.75, 3.05) is 20.3 Å². The zero-order valence-electron chi connectivity index (χ0n) is 10.2. The van der Waals surface area contributed by atoms with Crippen LogP contribution in [0, 0.1) is 5.92 Å². The fraction of sp³-hybridized carbons (Fsp3) is 0.750. The molecule has 88 valence electrons. The van der Waals surface area contributed by atoms with Crippen LogP contribution in [0.4, 0.5) is 0 Å². The lowest BCUT2D eigenvalue weighted by atomic mass is 9.96. The molecule has 0 aromatic heterocycles. The summed E-state index contributed by atoms with van der Waals surface area (Å²) in [6.07, 6.45) is 3.66. The van der Waals surface area contributed by atoms with Crippen LogP contribution in [0.25, 0.3) is 0 Å². The van der Waals surface area contributed by atoms with E-state index in [1.807, 2.05) is 26.8 Å². The van der Waals surface area contributed by atoms with Gasteiger partial charge in [0.15, 0.2) is 0 Å². The zero-order valence-corrected chi connectivity index (χ0v) is 10.2. The first-order valence-corrected chi connectivity index (χ1v) is 5.57. The Labute approximate surface area is 92.5 Å². The Morgan fingerprint density at radius 3 is 2.40 bits per heavy atom. The number of ether oxygens (including phenoxy) is 2. The van der Waals surface area contributed by atoms with Gasteiger partial charge in [0.1, 0.15) is 0 Å². The summed E-state index contributed by atoms with van der Waals surface area (Å²) in [5.74, 6) is -0.0581. The second kappa shape index (κ2) is 8.48. The number of methoxy groups -OCH3 is 1. The first-order chi connectivity index (χ1) is 7.21. The molecule has 15 heavy (non-hydrogen) atoms. The molecular formula is C12H22O3. The van der Waals surface area contributed by atoms with Gasteiger partial charge in [-0.25, -0.2) is 4.79 Å². The highest BCUT2D eigenvalue weighted by Crippen LogP contribution is 2.18. The van der Waals surface area contributed by atoms with E-state index in [9.17, 15) is 4.79 Å². The molecule has 0 aliphatic rings. The molecule has 0 N–H and O–H groups in total. The Balaban J connectivity index is 4.61. The van der Waals surface area contributed by atoms with Crippen LogP contribution in [0.3, 0.4) is 0 Å². The van der Waals surface area contributed by atoms with E-state index in [0.717, 1.165) is 18.4 Å². The van der Waals surface area contributed by atoms with E-state index in [1.165, 1.54) is 0 Å². The van der Waals surface area contributed by atoms with Crippen LogP contribution in [0.2, 0.25) is 0 Å². The minimum Gasteiger partial charge on any atom is -0.463 e. The number of allylic oxidation sites excluding steroid dienone is 1. The van der Waals surface area contributed by atoms with Crippen molar-refractivity contribution >= 4 is 5.97 Å². The molecule has 3 heteroatoms. The lowest BCUT2D eigenvalue weighted by Crippen LogP contribution is -2.19. The van der Waals surface area contributed by atoms with Crippen molar-refractivity contribution < 1.29 is 14.3 Å². The summed E-state index contributed by atoms with van der Waals surface area (Å²) in [7, 11) is 1.65. The van der Waals surface area contributed by atoms with Gasteiger partial charge in [-0.15, -0.1) is 0 Å². The average Bonchev–Trinajstić information content (AvgIpc) is 2.23. The molecular weight excluding hydrogens is 192 g/mol. The Morgan fingerprint density at radius 2 is 2.00 bits per heavy atom. The zero-order chi connectivity index (χ0) is 11.7. The van der Waals surface area contributed by atoms with Crippen molar-refractivity contribution in [1.29, 1.82) is 0 Å². The van der Waals surface area contributed by atoms with Gasteiger partial charge < -0.3 is 9.47 Å². The summed E-state index contributed by atoms with van der Waals surface area (Å²) in [4.78, 5) is 11.7. The number of rotatable bonds is 7. The highest BCUT2D eigenvalue weighted by atomic mass is 16.5. The lowest BCUT2D eigenvalue weighted by molar-refractivity contribution is -0.139. The number of hydrogen-bond acceptors (Lipinski definition) is 3. The molecule has 0 amide bonds. The van der Waals surface area contributed by atoms with E-state index < -0.39 is 0 Å². The monoisotopic (exact) mass is 214 g/mol. The first kappa shape index (κ1) is 14.2. The van der Waals surface area contributed by atoms with E-state index >= 15 is 0 Å². The van der Waals surface area contributed by atoms with Crippen LogP contribution in [-0.2, 0) is 14.3 Å². The lowest BCUT2D eigenvalue weighted by Gasteiger charge is -2.16. The van der Waals surface area contributed by atoms with Crippen molar-refractivity contribution in [3.05, 3.63) is 11.6 Å². The molecule has 0 heterocycles. The second-order valence-corrected chi connectivity index (χ2v) is 3.35. The van der Waals surface area contributed by atoms with E-state index in [1.54, 1.807) is 7.11 Å². The van der Waals surface area contributed by atoms with Crippen LogP contribution in [0.5, 0.6) is 0 Å². The summed E-state index contributed by atoms with van der Waals surface area (Å²) in [6, 6.07) is 0. The molecule has 1 atom stereocenters. The van der Waals surface area contributed by atoms with Gasteiger partial charge in [0.2, 0.25) is 0 Å². The maximum Gasteiger partial charge on any atom is 0.334 e. The third-order valence-corrected chi connectivity index (χ3v) is 2.24. The fourth-order valence-electron chi connectivity index (χ4n) is 1.48. The topological polar surface area (TPSA) is 35.5 Å². The molecule has 0 saturated heterocycles. The molecule has 0 aromatic carbocycles. The standard InChI is InChI=1S/C12H22O3/c1-5-8-11(12(13)15-7-3)10(6-2)9-14-4/h8,10H,5-7,9H2,1-4H3/b11-8+. The maximum absolute atomic E-state index is 11.7. The molecule has 0 aliphatic carbocycles. The highest BCUT2D eigenvalue weighted by molar-refractivity contribution is 5.89. The van der Waals surface area contributed by atoms with Crippen LogP contribution in [-0.4, -0.2) is 26.3 Å². The Hall–Kier alpha value is -0.830. The van der Waals surface area contributed by atoms with Crippen molar-refractivity contribution in [3.8, 4) is 0 Å². The van der Waals surface area contributed by atoms with Crippen LogP contribution in [0.1, 0.15) is 33.6 Å². The molecule has 0 bridgehead atoms. The van der Waals surface area contributed by atoms with Gasteiger partial charge in [0.25, 0.3) is 0 Å². The highest BCUT2D eigenvalue weighted by Gasteiger charge is 2.19. The van der Waals surface area contributed by atoms with E-state index in [0.29, 0.717) is 13.2 Å². The Morgan fingerprint density at radius 1 is 1.33 bits per heavy atom. The molecule has 0 rings (SSSR count). The second-order valence-electron chi connectivity index (χ2n) is 3.35. The fourth-order valence-corrected chi connectivity index (χ4v) is 1.48. The third-order valence-electron chi connectivity index (χ3n) is 2.24. The Kier molecular flexibility index (Phi) is 8.01. The van der Waals surface area contributed by atoms with Crippen LogP contribution >= 0.6 is 0 Å². The van der Waals surface area contributed by atoms with Crippen molar-refractivity contribution in [1.82, 2.24) is 0 Å². The first-order valence-electron chi connectivity index (χ1n) is 5.57. The normalized spacial score (nSPS) is 13.7. The van der Waals surface area contributed by atoms with Crippen molar-refractivity contribution in [2.24, 2.45) is 5.92 Å². The van der Waals surface area contributed by atoms with Gasteiger partial charge in [-0.1, -0.05) is 19.9 Å².